The predicted molar refractivity (Wildman–Crippen MR) is 138 cm³/mol. The van der Waals surface area contributed by atoms with Gasteiger partial charge in [0, 0.05) is 36.9 Å². The molecule has 8 nitrogen and oxygen atoms in total. The van der Waals surface area contributed by atoms with E-state index in [1.165, 1.54) is 10.4 Å². The molecule has 2 aromatic carbocycles. The summed E-state index contributed by atoms with van der Waals surface area (Å²) < 4.78 is 28.5. The molecule has 1 fully saturated rings. The first-order valence-electron chi connectivity index (χ1n) is 11.8. The zero-order valence-electron chi connectivity index (χ0n) is 20.3. The number of nitrogens with one attached hydrogen (secondary N) is 1. The molecule has 4 rings (SSSR count). The number of hydrogen-bond donors (Lipinski definition) is 1. The summed E-state index contributed by atoms with van der Waals surface area (Å²) in [5.74, 6) is 0.305. The van der Waals surface area contributed by atoms with E-state index in [0.717, 1.165) is 11.4 Å². The Morgan fingerprint density at radius 3 is 2.23 bits per heavy atom. The van der Waals surface area contributed by atoms with Crippen LogP contribution in [0.15, 0.2) is 65.6 Å². The SMILES string of the molecule is CCN(c1ccccc1)S(=O)(=O)c1ccccc1NC(=O)C1CCN(c2nc(C)cc(C)n2)CC1. The molecule has 184 valence electrons. The predicted octanol–water partition coefficient (Wildman–Crippen LogP) is 4.16. The molecule has 0 radical (unpaired) electrons. The summed E-state index contributed by atoms with van der Waals surface area (Å²) in [5, 5.41) is 2.90. The van der Waals surface area contributed by atoms with Crippen LogP contribution in [0.1, 0.15) is 31.2 Å². The number of sulfonamides is 1. The van der Waals surface area contributed by atoms with Crippen molar-refractivity contribution in [2.24, 2.45) is 5.92 Å². The molecule has 0 unspecified atom stereocenters. The van der Waals surface area contributed by atoms with Gasteiger partial charge in [-0.25, -0.2) is 18.4 Å². The molecular weight excluding hydrogens is 462 g/mol. The van der Waals surface area contributed by atoms with Gasteiger partial charge in [-0.3, -0.25) is 9.10 Å². The standard InChI is InChI=1S/C26H31N5O3S/c1-4-31(22-10-6-5-7-11-22)35(33,34)24-13-9-8-12-23(24)29-25(32)21-14-16-30(17-15-21)26-27-19(2)18-20(3)28-26/h5-13,18,21H,4,14-17H2,1-3H3,(H,29,32). The maximum Gasteiger partial charge on any atom is 0.266 e. The molecule has 35 heavy (non-hydrogen) atoms. The van der Waals surface area contributed by atoms with E-state index in [-0.39, 0.29) is 23.3 Å². The summed E-state index contributed by atoms with van der Waals surface area (Å²) in [5.41, 5.74) is 2.72. The Morgan fingerprint density at radius 1 is 1.00 bits per heavy atom. The largest absolute Gasteiger partial charge is 0.341 e. The van der Waals surface area contributed by atoms with Crippen molar-refractivity contribution >= 4 is 33.3 Å². The van der Waals surface area contributed by atoms with Crippen molar-refractivity contribution in [2.75, 3.05) is 34.2 Å². The van der Waals surface area contributed by atoms with Crippen molar-refractivity contribution in [2.45, 2.75) is 38.5 Å². The minimum Gasteiger partial charge on any atom is -0.341 e. The normalized spacial score (nSPS) is 14.5. The van der Waals surface area contributed by atoms with Crippen molar-refractivity contribution in [1.29, 1.82) is 0 Å². The van der Waals surface area contributed by atoms with Gasteiger partial charge < -0.3 is 10.2 Å². The second-order valence-electron chi connectivity index (χ2n) is 8.70. The van der Waals surface area contributed by atoms with Gasteiger partial charge >= 0.3 is 0 Å². The smallest absolute Gasteiger partial charge is 0.266 e. The van der Waals surface area contributed by atoms with Crippen LogP contribution < -0.4 is 14.5 Å². The lowest BCUT2D eigenvalue weighted by atomic mass is 9.96. The summed E-state index contributed by atoms with van der Waals surface area (Å²) >= 11 is 0. The molecule has 0 bridgehead atoms. The molecule has 0 spiro atoms. The van der Waals surface area contributed by atoms with Crippen LogP contribution in [0.3, 0.4) is 0 Å². The molecule has 0 aliphatic carbocycles. The van der Waals surface area contributed by atoms with Crippen LogP contribution in [0.5, 0.6) is 0 Å². The van der Waals surface area contributed by atoms with Crippen LogP contribution in [0.2, 0.25) is 0 Å². The molecule has 1 N–H and O–H groups in total. The Morgan fingerprint density at radius 2 is 1.60 bits per heavy atom. The molecule has 1 amide bonds. The summed E-state index contributed by atoms with van der Waals surface area (Å²) in [6.45, 7) is 7.28. The fourth-order valence-electron chi connectivity index (χ4n) is 4.42. The molecule has 0 saturated carbocycles. The topological polar surface area (TPSA) is 95.5 Å². The number of amides is 1. The van der Waals surface area contributed by atoms with Crippen LogP contribution >= 0.6 is 0 Å². The molecule has 1 saturated heterocycles. The van der Waals surface area contributed by atoms with Crippen molar-refractivity contribution < 1.29 is 13.2 Å². The van der Waals surface area contributed by atoms with Crippen molar-refractivity contribution in [3.63, 3.8) is 0 Å². The summed E-state index contributed by atoms with van der Waals surface area (Å²) in [6.07, 6.45) is 1.28. The lowest BCUT2D eigenvalue weighted by Gasteiger charge is -2.31. The molecule has 1 aliphatic rings. The van der Waals surface area contributed by atoms with Crippen LogP contribution in [0.4, 0.5) is 17.3 Å². The summed E-state index contributed by atoms with van der Waals surface area (Å²) in [6, 6.07) is 17.5. The maximum absolute atomic E-state index is 13.6. The van der Waals surface area contributed by atoms with Gasteiger partial charge in [0.1, 0.15) is 4.90 Å². The Bertz CT molecular complexity index is 1270. The third-order valence-electron chi connectivity index (χ3n) is 6.16. The molecule has 1 aliphatic heterocycles. The number of rotatable bonds is 7. The van der Waals surface area contributed by atoms with Gasteiger partial charge in [-0.05, 0) is 63.9 Å². The average molecular weight is 494 g/mol. The molecule has 0 atom stereocenters. The minimum absolute atomic E-state index is 0.0834. The number of para-hydroxylation sites is 2. The zero-order chi connectivity index (χ0) is 25.0. The fraction of sp³-hybridized carbons (Fsp3) is 0.346. The van der Waals surface area contributed by atoms with Crippen LogP contribution in [0, 0.1) is 19.8 Å². The minimum atomic E-state index is -3.87. The maximum atomic E-state index is 13.6. The Hall–Kier alpha value is -3.46. The van der Waals surface area contributed by atoms with E-state index in [1.54, 1.807) is 49.4 Å². The van der Waals surface area contributed by atoms with E-state index < -0.39 is 10.0 Å². The first kappa shape index (κ1) is 24.7. The lowest BCUT2D eigenvalue weighted by molar-refractivity contribution is -0.120. The van der Waals surface area contributed by atoms with E-state index in [9.17, 15) is 13.2 Å². The van der Waals surface area contributed by atoms with Gasteiger partial charge in [0.2, 0.25) is 11.9 Å². The fourth-order valence-corrected chi connectivity index (χ4v) is 6.05. The van der Waals surface area contributed by atoms with Gasteiger partial charge in [0.15, 0.2) is 0 Å². The number of carbonyl (C=O) groups is 1. The van der Waals surface area contributed by atoms with Crippen molar-refractivity contribution in [1.82, 2.24) is 9.97 Å². The Kier molecular flexibility index (Phi) is 7.35. The highest BCUT2D eigenvalue weighted by atomic mass is 32.2. The summed E-state index contributed by atoms with van der Waals surface area (Å²) in [7, 11) is -3.87. The molecular formula is C26H31N5O3S. The molecule has 9 heteroatoms. The van der Waals surface area contributed by atoms with E-state index in [1.807, 2.05) is 26.0 Å². The number of anilines is 3. The van der Waals surface area contributed by atoms with E-state index >= 15 is 0 Å². The zero-order valence-corrected chi connectivity index (χ0v) is 21.1. The Labute approximate surface area is 207 Å². The lowest BCUT2D eigenvalue weighted by Crippen LogP contribution is -2.39. The molecule has 2 heterocycles. The van der Waals surface area contributed by atoms with Gasteiger partial charge in [-0.15, -0.1) is 0 Å². The first-order valence-corrected chi connectivity index (χ1v) is 13.3. The highest BCUT2D eigenvalue weighted by Crippen LogP contribution is 2.30. The van der Waals surface area contributed by atoms with E-state index in [4.69, 9.17) is 0 Å². The number of aryl methyl sites for hydroxylation is 2. The number of nitrogens with zero attached hydrogens (tertiary/aromatic N) is 4. The Balaban J connectivity index is 1.48. The van der Waals surface area contributed by atoms with E-state index in [0.29, 0.717) is 43.3 Å². The number of hydrogen-bond acceptors (Lipinski definition) is 6. The number of piperidine rings is 1. The number of aromatic nitrogens is 2. The van der Waals surface area contributed by atoms with Crippen LogP contribution in [-0.4, -0.2) is 43.9 Å². The van der Waals surface area contributed by atoms with Crippen LogP contribution in [-0.2, 0) is 14.8 Å². The van der Waals surface area contributed by atoms with Gasteiger partial charge in [0.05, 0.1) is 11.4 Å². The summed E-state index contributed by atoms with van der Waals surface area (Å²) in [4.78, 5) is 24.4. The third-order valence-corrected chi connectivity index (χ3v) is 8.12. The monoisotopic (exact) mass is 493 g/mol. The van der Waals surface area contributed by atoms with Crippen molar-refractivity contribution in [3.8, 4) is 0 Å². The average Bonchev–Trinajstić information content (AvgIpc) is 2.85. The number of benzene rings is 2. The first-order chi connectivity index (χ1) is 16.8. The third kappa shape index (κ3) is 5.45. The molecule has 1 aromatic heterocycles. The quantitative estimate of drug-likeness (QED) is 0.531. The highest BCUT2D eigenvalue weighted by molar-refractivity contribution is 7.93. The van der Waals surface area contributed by atoms with E-state index in [2.05, 4.69) is 20.2 Å². The molecule has 3 aromatic rings. The van der Waals surface area contributed by atoms with Crippen molar-refractivity contribution in [3.05, 3.63) is 72.1 Å². The number of carbonyl (C=O) groups excluding carboxylic acids is 1. The van der Waals surface area contributed by atoms with Gasteiger partial charge in [-0.1, -0.05) is 30.3 Å². The highest BCUT2D eigenvalue weighted by Gasteiger charge is 2.30. The second-order valence-corrected chi connectivity index (χ2v) is 10.5. The second kappa shape index (κ2) is 10.4. The van der Waals surface area contributed by atoms with Gasteiger partial charge in [-0.2, -0.15) is 0 Å². The van der Waals surface area contributed by atoms with Gasteiger partial charge in [0.25, 0.3) is 10.0 Å². The van der Waals surface area contributed by atoms with Crippen LogP contribution in [0.25, 0.3) is 0 Å².